The molecule has 0 aromatic carbocycles. The molecule has 1 rings (SSSR count). The van der Waals surface area contributed by atoms with Crippen LogP contribution < -0.4 is 0 Å². The molecule has 0 atom stereocenters. The van der Waals surface area contributed by atoms with Crippen LogP contribution in [0.25, 0.3) is 0 Å². The average Bonchev–Trinajstić information content (AvgIpc) is 2.13. The van der Waals surface area contributed by atoms with Crippen LogP contribution in [-0.2, 0) is 6.54 Å². The van der Waals surface area contributed by atoms with E-state index >= 15 is 0 Å². The van der Waals surface area contributed by atoms with Gasteiger partial charge in [-0.3, -0.25) is 4.90 Å². The van der Waals surface area contributed by atoms with Gasteiger partial charge in [-0.2, -0.15) is 0 Å². The lowest BCUT2D eigenvalue weighted by Gasteiger charge is -2.27. The predicted molar refractivity (Wildman–Crippen MR) is 72.2 cm³/mol. The number of aryl methyl sites for hydroxylation is 1. The van der Waals surface area contributed by atoms with Gasteiger partial charge in [0.25, 0.3) is 0 Å². The molecule has 0 spiro atoms. The number of rotatable bonds is 5. The van der Waals surface area contributed by atoms with Gasteiger partial charge < -0.3 is 0 Å². The quantitative estimate of drug-likeness (QED) is 0.756. The highest BCUT2D eigenvalue weighted by molar-refractivity contribution is 6.29. The number of nitrogens with zero attached hydrogens (tertiary/aromatic N) is 3. The van der Waals surface area contributed by atoms with E-state index in [1.807, 2.05) is 6.92 Å². The van der Waals surface area contributed by atoms with Gasteiger partial charge in [0.05, 0.1) is 6.54 Å². The molecule has 0 bridgehead atoms. The van der Waals surface area contributed by atoms with Crippen molar-refractivity contribution in [3.63, 3.8) is 0 Å². The molecular formula is C13H22ClN3. The Morgan fingerprint density at radius 3 is 2.35 bits per heavy atom. The lowest BCUT2D eigenvalue weighted by Crippen LogP contribution is -2.34. The molecule has 0 radical (unpaired) electrons. The van der Waals surface area contributed by atoms with E-state index in [0.717, 1.165) is 24.6 Å². The summed E-state index contributed by atoms with van der Waals surface area (Å²) in [5.41, 5.74) is 0.924. The molecule has 1 aromatic heterocycles. The molecule has 0 unspecified atom stereocenters. The summed E-state index contributed by atoms with van der Waals surface area (Å²) in [5.74, 6) is 1.45. The molecular weight excluding hydrogens is 234 g/mol. The van der Waals surface area contributed by atoms with E-state index in [2.05, 4.69) is 42.6 Å². The van der Waals surface area contributed by atoms with E-state index in [-0.39, 0.29) is 0 Å². The van der Waals surface area contributed by atoms with Crippen LogP contribution in [0.5, 0.6) is 0 Å². The van der Waals surface area contributed by atoms with Gasteiger partial charge in [0.2, 0.25) is 0 Å². The second-order valence-corrected chi connectivity index (χ2v) is 5.55. The van der Waals surface area contributed by atoms with Crippen molar-refractivity contribution in [3.8, 4) is 0 Å². The van der Waals surface area contributed by atoms with Crippen molar-refractivity contribution >= 4 is 11.6 Å². The fraction of sp³-hybridized carbons (Fsp3) is 0.692. The molecule has 0 fully saturated rings. The standard InChI is InChI=1S/C13H22ClN3/c1-9(2)7-17(10(3)4)8-13-15-11(5)6-12(14)16-13/h6,9-10H,7-8H2,1-5H3. The van der Waals surface area contributed by atoms with Crippen LogP contribution in [0.1, 0.15) is 39.2 Å². The van der Waals surface area contributed by atoms with Gasteiger partial charge in [0.1, 0.15) is 11.0 Å². The Morgan fingerprint density at radius 1 is 1.24 bits per heavy atom. The third kappa shape index (κ3) is 5.00. The molecule has 0 aliphatic rings. The number of aromatic nitrogens is 2. The van der Waals surface area contributed by atoms with Crippen LogP contribution in [0.2, 0.25) is 5.15 Å². The molecule has 0 N–H and O–H groups in total. The van der Waals surface area contributed by atoms with Crippen LogP contribution in [-0.4, -0.2) is 27.5 Å². The van der Waals surface area contributed by atoms with Crippen LogP contribution in [0.15, 0.2) is 6.07 Å². The van der Waals surface area contributed by atoms with Gasteiger partial charge in [-0.25, -0.2) is 9.97 Å². The lowest BCUT2D eigenvalue weighted by molar-refractivity contribution is 0.184. The third-order valence-electron chi connectivity index (χ3n) is 2.54. The summed E-state index contributed by atoms with van der Waals surface area (Å²) in [4.78, 5) is 11.1. The Labute approximate surface area is 109 Å². The monoisotopic (exact) mass is 255 g/mol. The second kappa shape index (κ2) is 6.31. The first-order chi connectivity index (χ1) is 7.88. The highest BCUT2D eigenvalue weighted by atomic mass is 35.5. The molecule has 0 amide bonds. The van der Waals surface area contributed by atoms with Crippen molar-refractivity contribution in [2.45, 2.75) is 47.2 Å². The maximum absolute atomic E-state index is 5.95. The number of hydrogen-bond donors (Lipinski definition) is 0. The Balaban J connectivity index is 2.78. The Morgan fingerprint density at radius 2 is 1.88 bits per heavy atom. The zero-order valence-electron chi connectivity index (χ0n) is 11.4. The highest BCUT2D eigenvalue weighted by Gasteiger charge is 2.13. The topological polar surface area (TPSA) is 29.0 Å². The first-order valence-electron chi connectivity index (χ1n) is 6.12. The lowest BCUT2D eigenvalue weighted by atomic mass is 10.2. The first kappa shape index (κ1) is 14.4. The molecule has 0 aliphatic carbocycles. The van der Waals surface area contributed by atoms with Gasteiger partial charge in [-0.1, -0.05) is 25.4 Å². The second-order valence-electron chi connectivity index (χ2n) is 5.17. The van der Waals surface area contributed by atoms with Crippen LogP contribution in [0.4, 0.5) is 0 Å². The molecule has 96 valence electrons. The largest absolute Gasteiger partial charge is 0.293 e. The van der Waals surface area contributed by atoms with E-state index in [1.165, 1.54) is 0 Å². The maximum Gasteiger partial charge on any atom is 0.144 e. The highest BCUT2D eigenvalue weighted by Crippen LogP contribution is 2.11. The van der Waals surface area contributed by atoms with E-state index in [1.54, 1.807) is 6.07 Å². The van der Waals surface area contributed by atoms with Crippen molar-refractivity contribution < 1.29 is 0 Å². The average molecular weight is 256 g/mol. The molecule has 0 saturated heterocycles. The Bertz CT molecular complexity index is 343. The van der Waals surface area contributed by atoms with E-state index in [4.69, 9.17) is 11.6 Å². The van der Waals surface area contributed by atoms with Crippen molar-refractivity contribution in [3.05, 3.63) is 22.7 Å². The fourth-order valence-corrected chi connectivity index (χ4v) is 2.02. The third-order valence-corrected chi connectivity index (χ3v) is 2.74. The minimum atomic E-state index is 0.486. The van der Waals surface area contributed by atoms with Gasteiger partial charge in [0.15, 0.2) is 0 Å². The van der Waals surface area contributed by atoms with Gasteiger partial charge in [-0.05, 0) is 32.8 Å². The van der Waals surface area contributed by atoms with E-state index in [9.17, 15) is 0 Å². The van der Waals surface area contributed by atoms with Gasteiger partial charge in [0, 0.05) is 18.3 Å². The van der Waals surface area contributed by atoms with E-state index in [0.29, 0.717) is 17.1 Å². The summed E-state index contributed by atoms with van der Waals surface area (Å²) in [6.07, 6.45) is 0. The van der Waals surface area contributed by atoms with Crippen molar-refractivity contribution in [1.29, 1.82) is 0 Å². The van der Waals surface area contributed by atoms with Crippen molar-refractivity contribution in [1.82, 2.24) is 14.9 Å². The molecule has 1 heterocycles. The minimum absolute atomic E-state index is 0.486. The first-order valence-corrected chi connectivity index (χ1v) is 6.50. The normalized spacial score (nSPS) is 11.8. The summed E-state index contributed by atoms with van der Waals surface area (Å²) in [7, 11) is 0. The molecule has 0 saturated carbocycles. The zero-order chi connectivity index (χ0) is 13.0. The van der Waals surface area contributed by atoms with E-state index < -0.39 is 0 Å². The zero-order valence-corrected chi connectivity index (χ0v) is 12.1. The van der Waals surface area contributed by atoms with Crippen LogP contribution in [0, 0.1) is 12.8 Å². The van der Waals surface area contributed by atoms with Crippen LogP contribution in [0.3, 0.4) is 0 Å². The van der Waals surface area contributed by atoms with Crippen molar-refractivity contribution in [2.24, 2.45) is 5.92 Å². The summed E-state index contributed by atoms with van der Waals surface area (Å²) in [6, 6.07) is 2.27. The van der Waals surface area contributed by atoms with Gasteiger partial charge >= 0.3 is 0 Å². The summed E-state index contributed by atoms with van der Waals surface area (Å²) < 4.78 is 0. The molecule has 1 aromatic rings. The molecule has 17 heavy (non-hydrogen) atoms. The minimum Gasteiger partial charge on any atom is -0.293 e. The SMILES string of the molecule is Cc1cc(Cl)nc(CN(CC(C)C)C(C)C)n1. The molecule has 0 aliphatic heterocycles. The summed E-state index contributed by atoms with van der Waals surface area (Å²) in [6.45, 7) is 12.6. The summed E-state index contributed by atoms with van der Waals surface area (Å²) in [5, 5.41) is 0.528. The molecule has 4 heteroatoms. The van der Waals surface area contributed by atoms with Crippen LogP contribution >= 0.6 is 11.6 Å². The smallest absolute Gasteiger partial charge is 0.144 e. The number of halogens is 1. The maximum atomic E-state index is 5.95. The summed E-state index contributed by atoms with van der Waals surface area (Å²) >= 11 is 5.95. The number of hydrogen-bond acceptors (Lipinski definition) is 3. The van der Waals surface area contributed by atoms with Crippen molar-refractivity contribution in [2.75, 3.05) is 6.54 Å². The fourth-order valence-electron chi connectivity index (χ4n) is 1.77. The van der Waals surface area contributed by atoms with Gasteiger partial charge in [-0.15, -0.1) is 0 Å². The molecule has 3 nitrogen and oxygen atoms in total. The predicted octanol–water partition coefficient (Wildman–Crippen LogP) is 3.30. The Kier molecular flexibility index (Phi) is 5.34. The Hall–Kier alpha value is -0.670.